The fourth-order valence-electron chi connectivity index (χ4n) is 1.55. The van der Waals surface area contributed by atoms with Crippen LogP contribution in [-0.2, 0) is 0 Å². The molecule has 0 aliphatic heterocycles. The molecule has 0 spiro atoms. The van der Waals surface area contributed by atoms with E-state index in [0.29, 0.717) is 12.1 Å². The van der Waals surface area contributed by atoms with Crippen LogP contribution >= 0.6 is 0 Å². The van der Waals surface area contributed by atoms with Crippen LogP contribution in [0.15, 0.2) is 20.5 Å². The third-order valence-corrected chi connectivity index (χ3v) is 2.15. The summed E-state index contributed by atoms with van der Waals surface area (Å²) in [5, 5.41) is 0. The van der Waals surface area contributed by atoms with Crippen molar-refractivity contribution in [1.82, 2.24) is 14.5 Å². The summed E-state index contributed by atoms with van der Waals surface area (Å²) in [6, 6.07) is 0. The zero-order chi connectivity index (χ0) is 10.1. The largest absolute Gasteiger partial charge is 0.338 e. The monoisotopic (exact) mass is 195 g/mol. The molecule has 1 aromatic rings. The lowest BCUT2D eigenvalue weighted by Gasteiger charge is -2.01. The van der Waals surface area contributed by atoms with Crippen LogP contribution in [0.5, 0.6) is 0 Å². The van der Waals surface area contributed by atoms with Gasteiger partial charge in [0.2, 0.25) is 0 Å². The van der Waals surface area contributed by atoms with Crippen LogP contribution in [0.2, 0.25) is 0 Å². The Morgan fingerprint density at radius 2 is 1.79 bits per heavy atom. The highest BCUT2D eigenvalue weighted by Crippen LogP contribution is 2.18. The summed E-state index contributed by atoms with van der Waals surface area (Å²) in [6.07, 6.45) is 4.31. The van der Waals surface area contributed by atoms with Gasteiger partial charge < -0.3 is 0 Å². The quantitative estimate of drug-likeness (QED) is 0.618. The summed E-state index contributed by atoms with van der Waals surface area (Å²) in [4.78, 5) is 37.3. The highest BCUT2D eigenvalue weighted by Gasteiger charge is 2.11. The van der Waals surface area contributed by atoms with Gasteiger partial charge in [0.05, 0.1) is 0 Å². The number of rotatable bonds is 1. The van der Waals surface area contributed by atoms with Crippen LogP contribution < -0.4 is 17.1 Å². The maximum Gasteiger partial charge on any atom is 0.338 e. The first kappa shape index (κ1) is 8.74. The van der Waals surface area contributed by atoms with Crippen molar-refractivity contribution < 1.29 is 0 Å². The number of hydrogen-bond acceptors (Lipinski definition) is 3. The van der Waals surface area contributed by atoms with Crippen molar-refractivity contribution in [2.45, 2.75) is 19.3 Å². The third-order valence-electron chi connectivity index (χ3n) is 2.15. The van der Waals surface area contributed by atoms with E-state index in [2.05, 4.69) is 0 Å². The Labute approximate surface area is 77.9 Å². The van der Waals surface area contributed by atoms with Crippen LogP contribution in [0, 0.1) is 0 Å². The molecule has 0 atom stereocenters. The minimum absolute atomic E-state index is 0.660. The molecule has 6 nitrogen and oxygen atoms in total. The number of nitrogens with one attached hydrogen (secondary N) is 2. The van der Waals surface area contributed by atoms with Gasteiger partial charge in [0.15, 0.2) is 0 Å². The van der Waals surface area contributed by atoms with E-state index in [1.807, 2.05) is 16.0 Å². The Bertz CT molecular complexity index is 512. The van der Waals surface area contributed by atoms with Gasteiger partial charge >= 0.3 is 17.1 Å². The predicted octanol–water partition coefficient (Wildman–Crippen LogP) is -0.750. The Hall–Kier alpha value is -1.85. The van der Waals surface area contributed by atoms with Crippen LogP contribution in [0.4, 0.5) is 0 Å². The SMILES string of the molecule is O=c1[nH]c(=O)n(C2=CCCC2)c(=O)[nH]1. The molecule has 0 amide bonds. The van der Waals surface area contributed by atoms with Gasteiger partial charge in [0, 0.05) is 5.70 Å². The van der Waals surface area contributed by atoms with E-state index in [9.17, 15) is 14.4 Å². The van der Waals surface area contributed by atoms with E-state index < -0.39 is 17.1 Å². The number of aromatic amines is 2. The fraction of sp³-hybridized carbons (Fsp3) is 0.375. The molecular formula is C8H9N3O3. The van der Waals surface area contributed by atoms with Gasteiger partial charge in [-0.15, -0.1) is 0 Å². The summed E-state index contributed by atoms with van der Waals surface area (Å²) < 4.78 is 0.967. The van der Waals surface area contributed by atoms with E-state index in [1.165, 1.54) is 0 Å². The van der Waals surface area contributed by atoms with Gasteiger partial charge in [-0.05, 0) is 19.3 Å². The highest BCUT2D eigenvalue weighted by molar-refractivity contribution is 5.46. The van der Waals surface area contributed by atoms with Crippen molar-refractivity contribution in [2.75, 3.05) is 0 Å². The van der Waals surface area contributed by atoms with E-state index in [-0.39, 0.29) is 0 Å². The maximum absolute atomic E-state index is 11.3. The molecular weight excluding hydrogens is 186 g/mol. The van der Waals surface area contributed by atoms with Gasteiger partial charge in [-0.2, -0.15) is 0 Å². The zero-order valence-corrected chi connectivity index (χ0v) is 7.37. The smallest absolute Gasteiger partial charge is 0.259 e. The standard InChI is InChI=1S/C8H9N3O3/c12-6-9-7(13)11(8(14)10-6)5-3-1-2-4-5/h3H,1-2,4H2,(H2,9,10,12,13,14). The van der Waals surface area contributed by atoms with Gasteiger partial charge in [-0.1, -0.05) is 6.08 Å². The van der Waals surface area contributed by atoms with Crippen molar-refractivity contribution >= 4 is 5.70 Å². The third kappa shape index (κ3) is 1.34. The summed E-state index contributed by atoms with van der Waals surface area (Å²) >= 11 is 0. The molecule has 0 bridgehead atoms. The second-order valence-corrected chi connectivity index (χ2v) is 3.11. The van der Waals surface area contributed by atoms with E-state index in [0.717, 1.165) is 17.4 Å². The summed E-state index contributed by atoms with van der Waals surface area (Å²) in [7, 11) is 0. The molecule has 1 aromatic heterocycles. The number of H-pyrrole nitrogens is 2. The first-order valence-electron chi connectivity index (χ1n) is 4.33. The molecule has 1 aliphatic carbocycles. The molecule has 2 N–H and O–H groups in total. The minimum atomic E-state index is -0.769. The first-order chi connectivity index (χ1) is 6.68. The lowest BCUT2D eigenvalue weighted by Crippen LogP contribution is -2.42. The average molecular weight is 195 g/mol. The molecule has 0 saturated carbocycles. The van der Waals surface area contributed by atoms with Crippen molar-refractivity contribution in [1.29, 1.82) is 0 Å². The van der Waals surface area contributed by atoms with Crippen molar-refractivity contribution in [3.63, 3.8) is 0 Å². The van der Waals surface area contributed by atoms with E-state index in [1.54, 1.807) is 0 Å². The summed E-state index contributed by atoms with van der Waals surface area (Å²) in [6.45, 7) is 0. The number of aromatic nitrogens is 3. The van der Waals surface area contributed by atoms with Gasteiger partial charge in [-0.25, -0.2) is 19.0 Å². The zero-order valence-electron chi connectivity index (χ0n) is 7.37. The topological polar surface area (TPSA) is 87.7 Å². The molecule has 0 aromatic carbocycles. The summed E-state index contributed by atoms with van der Waals surface area (Å²) in [5.74, 6) is 0. The molecule has 14 heavy (non-hydrogen) atoms. The van der Waals surface area contributed by atoms with Crippen LogP contribution in [0.25, 0.3) is 5.70 Å². The molecule has 0 unspecified atom stereocenters. The Morgan fingerprint density at radius 1 is 1.14 bits per heavy atom. The normalized spacial score (nSPS) is 15.6. The second kappa shape index (κ2) is 3.13. The van der Waals surface area contributed by atoms with E-state index >= 15 is 0 Å². The summed E-state index contributed by atoms with van der Waals surface area (Å²) in [5.41, 5.74) is -1.46. The van der Waals surface area contributed by atoms with E-state index in [4.69, 9.17) is 0 Å². The molecule has 0 saturated heterocycles. The average Bonchev–Trinajstić information content (AvgIpc) is 2.54. The number of nitrogens with zero attached hydrogens (tertiary/aromatic N) is 1. The second-order valence-electron chi connectivity index (χ2n) is 3.11. The minimum Gasteiger partial charge on any atom is -0.259 e. The molecule has 0 fully saturated rings. The molecule has 2 rings (SSSR count). The lowest BCUT2D eigenvalue weighted by molar-refractivity contribution is 0.775. The number of allylic oxidation sites excluding steroid dienone is 2. The van der Waals surface area contributed by atoms with Crippen LogP contribution in [0.3, 0.4) is 0 Å². The Kier molecular flexibility index (Phi) is 1.95. The van der Waals surface area contributed by atoms with Gasteiger partial charge in [0.1, 0.15) is 0 Å². The maximum atomic E-state index is 11.3. The van der Waals surface area contributed by atoms with Crippen LogP contribution in [0.1, 0.15) is 19.3 Å². The molecule has 1 aliphatic rings. The van der Waals surface area contributed by atoms with Crippen LogP contribution in [-0.4, -0.2) is 14.5 Å². The van der Waals surface area contributed by atoms with Crippen molar-refractivity contribution in [2.24, 2.45) is 0 Å². The first-order valence-corrected chi connectivity index (χ1v) is 4.33. The molecule has 1 heterocycles. The number of hydrogen-bond donors (Lipinski definition) is 2. The Morgan fingerprint density at radius 3 is 2.29 bits per heavy atom. The van der Waals surface area contributed by atoms with Crippen molar-refractivity contribution in [3.05, 3.63) is 37.5 Å². The van der Waals surface area contributed by atoms with Crippen molar-refractivity contribution in [3.8, 4) is 0 Å². The molecule has 0 radical (unpaired) electrons. The predicted molar refractivity (Wildman–Crippen MR) is 50.1 cm³/mol. The van der Waals surface area contributed by atoms with Gasteiger partial charge in [0.25, 0.3) is 0 Å². The van der Waals surface area contributed by atoms with Gasteiger partial charge in [-0.3, -0.25) is 9.97 Å². The molecule has 6 heteroatoms. The lowest BCUT2D eigenvalue weighted by atomic mass is 10.3. The highest BCUT2D eigenvalue weighted by atomic mass is 16.2. The fourth-order valence-corrected chi connectivity index (χ4v) is 1.55. The Balaban J connectivity index is 2.70. The molecule has 74 valence electrons.